The Morgan fingerprint density at radius 3 is 2.59 bits per heavy atom. The number of benzene rings is 1. The van der Waals surface area contributed by atoms with E-state index in [-0.39, 0.29) is 12.1 Å². The Balaban J connectivity index is 2.70. The molecule has 1 aromatic heterocycles. The van der Waals surface area contributed by atoms with Crippen LogP contribution in [0.25, 0.3) is 10.9 Å². The first-order chi connectivity index (χ1) is 7.93. The van der Waals surface area contributed by atoms with Crippen molar-refractivity contribution in [2.24, 2.45) is 0 Å². The fraction of sp³-hybridized carbons (Fsp3) is 0.333. The fourth-order valence-corrected chi connectivity index (χ4v) is 1.97. The Morgan fingerprint density at radius 2 is 2.00 bits per heavy atom. The van der Waals surface area contributed by atoms with Crippen LogP contribution in [-0.2, 0) is 12.7 Å². The van der Waals surface area contributed by atoms with Crippen LogP contribution in [0.15, 0.2) is 18.2 Å². The van der Waals surface area contributed by atoms with Crippen LogP contribution in [0, 0.1) is 6.92 Å². The minimum absolute atomic E-state index is 0.192. The minimum Gasteiger partial charge on any atom is -0.351 e. The van der Waals surface area contributed by atoms with Gasteiger partial charge in [-0.25, -0.2) is 0 Å². The molecule has 17 heavy (non-hydrogen) atoms. The van der Waals surface area contributed by atoms with Gasteiger partial charge in [0.15, 0.2) is 0 Å². The van der Waals surface area contributed by atoms with Crippen LogP contribution < -0.4 is 5.32 Å². The number of aromatic nitrogens is 1. The second kappa shape index (κ2) is 4.07. The summed E-state index contributed by atoms with van der Waals surface area (Å²) in [6.45, 7) is 2.04. The Kier molecular flexibility index (Phi) is 2.87. The van der Waals surface area contributed by atoms with E-state index in [1.54, 1.807) is 19.2 Å². The van der Waals surface area contributed by atoms with E-state index in [1.165, 1.54) is 0 Å². The van der Waals surface area contributed by atoms with Crippen LogP contribution in [0.4, 0.5) is 13.2 Å². The number of nitrogens with one attached hydrogen (secondary N) is 2. The number of aryl methyl sites for hydroxylation is 1. The summed E-state index contributed by atoms with van der Waals surface area (Å²) in [6, 6.07) is 5.27. The minimum atomic E-state index is -4.35. The third-order valence-electron chi connectivity index (χ3n) is 2.70. The van der Waals surface area contributed by atoms with Gasteiger partial charge in [0.1, 0.15) is 5.69 Å². The van der Waals surface area contributed by atoms with E-state index in [9.17, 15) is 13.2 Å². The highest BCUT2D eigenvalue weighted by molar-refractivity contribution is 5.85. The first-order valence-electron chi connectivity index (χ1n) is 5.26. The van der Waals surface area contributed by atoms with Gasteiger partial charge in [-0.2, -0.15) is 13.2 Å². The summed E-state index contributed by atoms with van der Waals surface area (Å²) in [4.78, 5) is 2.46. The summed E-state index contributed by atoms with van der Waals surface area (Å²) in [5.74, 6) is 0. The topological polar surface area (TPSA) is 27.8 Å². The number of halogens is 3. The zero-order chi connectivity index (χ0) is 12.6. The molecule has 0 amide bonds. The fourth-order valence-electron chi connectivity index (χ4n) is 1.97. The maximum atomic E-state index is 12.9. The molecular formula is C12H13F3N2. The molecule has 1 heterocycles. The molecule has 0 saturated heterocycles. The lowest BCUT2D eigenvalue weighted by atomic mass is 10.1. The quantitative estimate of drug-likeness (QED) is 0.831. The van der Waals surface area contributed by atoms with Crippen molar-refractivity contribution in [3.05, 3.63) is 35.0 Å². The number of alkyl halides is 3. The predicted molar refractivity (Wildman–Crippen MR) is 60.8 cm³/mol. The SMILES string of the molecule is CNCc1c(C(F)(F)F)[nH]c2cc(C)ccc12. The van der Waals surface area contributed by atoms with Crippen molar-refractivity contribution in [1.29, 1.82) is 0 Å². The standard InChI is InChI=1S/C12H13F3N2/c1-7-3-4-8-9(6-16-2)11(12(13,14)15)17-10(8)5-7/h3-5,16-17H,6H2,1-2H3. The third kappa shape index (κ3) is 2.15. The first-order valence-corrected chi connectivity index (χ1v) is 5.26. The lowest BCUT2D eigenvalue weighted by Gasteiger charge is -2.07. The molecule has 2 aromatic rings. The van der Waals surface area contributed by atoms with Crippen LogP contribution in [0.2, 0.25) is 0 Å². The number of H-pyrrole nitrogens is 1. The van der Waals surface area contributed by atoms with E-state index in [1.807, 2.05) is 13.0 Å². The molecule has 2 rings (SSSR count). The highest BCUT2D eigenvalue weighted by Crippen LogP contribution is 2.35. The molecule has 92 valence electrons. The Labute approximate surface area is 96.8 Å². The predicted octanol–water partition coefficient (Wildman–Crippen LogP) is 3.21. The maximum Gasteiger partial charge on any atom is 0.431 e. The van der Waals surface area contributed by atoms with Crippen LogP contribution >= 0.6 is 0 Å². The van der Waals surface area contributed by atoms with Gasteiger partial charge in [-0.15, -0.1) is 0 Å². The smallest absolute Gasteiger partial charge is 0.351 e. The van der Waals surface area contributed by atoms with Gasteiger partial charge in [-0.05, 0) is 25.6 Å². The summed E-state index contributed by atoms with van der Waals surface area (Å²) in [7, 11) is 1.63. The summed E-state index contributed by atoms with van der Waals surface area (Å²) >= 11 is 0. The van der Waals surface area contributed by atoms with Gasteiger partial charge >= 0.3 is 6.18 Å². The number of rotatable bonds is 2. The molecule has 0 atom stereocenters. The first kappa shape index (κ1) is 12.0. The van der Waals surface area contributed by atoms with Crippen molar-refractivity contribution < 1.29 is 13.2 Å². The van der Waals surface area contributed by atoms with Crippen LogP contribution in [-0.4, -0.2) is 12.0 Å². The van der Waals surface area contributed by atoms with E-state index in [4.69, 9.17) is 0 Å². The molecular weight excluding hydrogens is 229 g/mol. The highest BCUT2D eigenvalue weighted by Gasteiger charge is 2.36. The largest absolute Gasteiger partial charge is 0.431 e. The van der Waals surface area contributed by atoms with Crippen molar-refractivity contribution >= 4 is 10.9 Å². The molecule has 1 aromatic carbocycles. The zero-order valence-electron chi connectivity index (χ0n) is 9.57. The zero-order valence-corrected chi connectivity index (χ0v) is 9.57. The molecule has 0 saturated carbocycles. The van der Waals surface area contributed by atoms with E-state index >= 15 is 0 Å². The van der Waals surface area contributed by atoms with Crippen molar-refractivity contribution in [2.75, 3.05) is 7.05 Å². The Hall–Kier alpha value is -1.49. The Morgan fingerprint density at radius 1 is 1.29 bits per heavy atom. The van der Waals surface area contributed by atoms with Crippen molar-refractivity contribution in [2.45, 2.75) is 19.6 Å². The molecule has 0 spiro atoms. The molecule has 0 aliphatic heterocycles. The summed E-state index contributed by atoms with van der Waals surface area (Å²) in [6.07, 6.45) is -4.35. The van der Waals surface area contributed by atoms with Gasteiger partial charge in [-0.1, -0.05) is 12.1 Å². The van der Waals surface area contributed by atoms with E-state index in [0.717, 1.165) is 5.56 Å². The summed E-state index contributed by atoms with van der Waals surface area (Å²) in [5, 5.41) is 3.39. The van der Waals surface area contributed by atoms with E-state index in [2.05, 4.69) is 10.3 Å². The van der Waals surface area contributed by atoms with Gasteiger partial charge < -0.3 is 10.3 Å². The van der Waals surface area contributed by atoms with Crippen LogP contribution in [0.1, 0.15) is 16.8 Å². The molecule has 2 nitrogen and oxygen atoms in total. The molecule has 0 aliphatic rings. The van der Waals surface area contributed by atoms with Crippen molar-refractivity contribution in [3.63, 3.8) is 0 Å². The van der Waals surface area contributed by atoms with Gasteiger partial charge in [-0.3, -0.25) is 0 Å². The van der Waals surface area contributed by atoms with Gasteiger partial charge in [0.25, 0.3) is 0 Å². The molecule has 0 bridgehead atoms. The average molecular weight is 242 g/mol. The second-order valence-electron chi connectivity index (χ2n) is 4.06. The molecule has 2 N–H and O–H groups in total. The average Bonchev–Trinajstić information content (AvgIpc) is 2.56. The molecule has 0 unspecified atom stereocenters. The maximum absolute atomic E-state index is 12.9. The number of fused-ring (bicyclic) bond motifs is 1. The van der Waals surface area contributed by atoms with Crippen molar-refractivity contribution in [3.8, 4) is 0 Å². The van der Waals surface area contributed by atoms with Gasteiger partial charge in [0.05, 0.1) is 0 Å². The lowest BCUT2D eigenvalue weighted by molar-refractivity contribution is -0.141. The number of hydrogen-bond donors (Lipinski definition) is 2. The normalized spacial score (nSPS) is 12.3. The summed E-state index contributed by atoms with van der Waals surface area (Å²) < 4.78 is 38.6. The molecule has 0 fully saturated rings. The molecule has 5 heteroatoms. The lowest BCUT2D eigenvalue weighted by Crippen LogP contribution is -2.13. The van der Waals surface area contributed by atoms with Crippen molar-refractivity contribution in [1.82, 2.24) is 10.3 Å². The van der Waals surface area contributed by atoms with E-state index in [0.29, 0.717) is 10.9 Å². The van der Waals surface area contributed by atoms with Crippen LogP contribution in [0.5, 0.6) is 0 Å². The van der Waals surface area contributed by atoms with Crippen LogP contribution in [0.3, 0.4) is 0 Å². The highest BCUT2D eigenvalue weighted by atomic mass is 19.4. The summed E-state index contributed by atoms with van der Waals surface area (Å²) in [5.41, 5.74) is 1.08. The van der Waals surface area contributed by atoms with E-state index < -0.39 is 11.9 Å². The number of aromatic amines is 1. The third-order valence-corrected chi connectivity index (χ3v) is 2.70. The van der Waals surface area contributed by atoms with Gasteiger partial charge in [0.2, 0.25) is 0 Å². The Bertz CT molecular complexity index is 540. The van der Waals surface area contributed by atoms with Gasteiger partial charge in [0, 0.05) is 23.0 Å². The second-order valence-corrected chi connectivity index (χ2v) is 4.06. The molecule has 0 aliphatic carbocycles. The monoisotopic (exact) mass is 242 g/mol. The molecule has 0 radical (unpaired) electrons. The number of hydrogen-bond acceptors (Lipinski definition) is 1.